The molecule has 6 heteroatoms. The highest BCUT2D eigenvalue weighted by molar-refractivity contribution is 5.94. The van der Waals surface area contributed by atoms with Crippen molar-refractivity contribution in [3.63, 3.8) is 0 Å². The van der Waals surface area contributed by atoms with Gasteiger partial charge in [0, 0.05) is 29.6 Å². The van der Waals surface area contributed by atoms with E-state index in [1.165, 1.54) is 25.3 Å². The van der Waals surface area contributed by atoms with Crippen molar-refractivity contribution in [3.05, 3.63) is 75.9 Å². The summed E-state index contributed by atoms with van der Waals surface area (Å²) in [5, 5.41) is 3.30. The van der Waals surface area contributed by atoms with Crippen molar-refractivity contribution >= 4 is 16.9 Å². The van der Waals surface area contributed by atoms with Crippen molar-refractivity contribution in [1.29, 1.82) is 0 Å². The molecule has 1 aromatic heterocycles. The predicted molar refractivity (Wildman–Crippen MR) is 86.6 cm³/mol. The molecule has 0 aliphatic rings. The molecule has 0 unspecified atom stereocenters. The molecule has 5 nitrogen and oxygen atoms in total. The van der Waals surface area contributed by atoms with E-state index in [2.05, 4.69) is 5.32 Å². The molecule has 3 rings (SSSR count). The Morgan fingerprint density at radius 1 is 1.21 bits per heavy atom. The van der Waals surface area contributed by atoms with Gasteiger partial charge < -0.3 is 14.5 Å². The summed E-state index contributed by atoms with van der Waals surface area (Å²) < 4.78 is 23.3. The van der Waals surface area contributed by atoms with E-state index in [4.69, 9.17) is 9.15 Å². The average Bonchev–Trinajstić information content (AvgIpc) is 2.58. The number of nitrogens with one attached hydrogen (secondary N) is 1. The van der Waals surface area contributed by atoms with Crippen LogP contribution in [0.1, 0.15) is 15.9 Å². The van der Waals surface area contributed by atoms with Crippen LogP contribution >= 0.6 is 0 Å². The summed E-state index contributed by atoms with van der Waals surface area (Å²) in [6, 6.07) is 11.9. The second-order valence-electron chi connectivity index (χ2n) is 5.15. The minimum absolute atomic E-state index is 0.115. The zero-order valence-corrected chi connectivity index (χ0v) is 12.8. The number of methoxy groups -OCH3 is 1. The Morgan fingerprint density at radius 3 is 2.83 bits per heavy atom. The highest BCUT2D eigenvalue weighted by Crippen LogP contribution is 2.18. The van der Waals surface area contributed by atoms with Crippen molar-refractivity contribution in [2.75, 3.05) is 7.11 Å². The van der Waals surface area contributed by atoms with E-state index < -0.39 is 11.4 Å². The molecule has 0 aliphatic carbocycles. The van der Waals surface area contributed by atoms with Crippen LogP contribution in [0.5, 0.6) is 5.75 Å². The second-order valence-corrected chi connectivity index (χ2v) is 5.15. The number of rotatable bonds is 4. The van der Waals surface area contributed by atoms with E-state index in [0.717, 1.165) is 6.07 Å². The summed E-state index contributed by atoms with van der Waals surface area (Å²) in [6.07, 6.45) is 0. The number of benzene rings is 2. The maximum atomic E-state index is 13.3. The highest BCUT2D eigenvalue weighted by atomic mass is 19.1. The molecule has 2 aromatic carbocycles. The second kappa shape index (κ2) is 6.54. The zero-order chi connectivity index (χ0) is 17.1. The molecule has 0 atom stereocenters. The largest absolute Gasteiger partial charge is 0.497 e. The van der Waals surface area contributed by atoms with Gasteiger partial charge in [-0.1, -0.05) is 6.07 Å². The molecule has 122 valence electrons. The number of hydrogen-bond acceptors (Lipinski definition) is 4. The fourth-order valence-electron chi connectivity index (χ4n) is 2.39. The Morgan fingerprint density at radius 2 is 2.04 bits per heavy atom. The molecule has 3 aromatic rings. The van der Waals surface area contributed by atoms with Crippen molar-refractivity contribution in [3.8, 4) is 5.75 Å². The monoisotopic (exact) mass is 327 g/mol. The maximum absolute atomic E-state index is 13.3. The molecule has 1 N–H and O–H groups in total. The van der Waals surface area contributed by atoms with Gasteiger partial charge in [-0.25, -0.2) is 9.18 Å². The number of ether oxygens (including phenoxy) is 1. The third-order valence-electron chi connectivity index (χ3n) is 3.56. The Kier molecular flexibility index (Phi) is 4.29. The molecule has 0 spiro atoms. The summed E-state index contributed by atoms with van der Waals surface area (Å²) in [6.45, 7) is 0.115. The molecule has 0 aliphatic heterocycles. The van der Waals surface area contributed by atoms with Crippen LogP contribution in [0.15, 0.2) is 57.7 Å². The van der Waals surface area contributed by atoms with Crippen molar-refractivity contribution in [2.45, 2.75) is 6.54 Å². The lowest BCUT2D eigenvalue weighted by Crippen LogP contribution is -2.23. The Bertz CT molecular complexity index is 965. The zero-order valence-electron chi connectivity index (χ0n) is 12.8. The van der Waals surface area contributed by atoms with Crippen molar-refractivity contribution < 1.29 is 18.3 Å². The van der Waals surface area contributed by atoms with Gasteiger partial charge in [0.05, 0.1) is 7.11 Å². The van der Waals surface area contributed by atoms with E-state index >= 15 is 0 Å². The summed E-state index contributed by atoms with van der Waals surface area (Å²) in [4.78, 5) is 23.8. The van der Waals surface area contributed by atoms with E-state index in [1.807, 2.05) is 0 Å². The van der Waals surface area contributed by atoms with Crippen molar-refractivity contribution in [1.82, 2.24) is 5.32 Å². The maximum Gasteiger partial charge on any atom is 0.336 e. The molecule has 1 heterocycles. The van der Waals surface area contributed by atoms with E-state index in [9.17, 15) is 14.0 Å². The predicted octanol–water partition coefficient (Wildman–Crippen LogP) is 2.87. The van der Waals surface area contributed by atoms with Crippen LogP contribution in [-0.4, -0.2) is 13.0 Å². The first-order chi connectivity index (χ1) is 11.6. The fraction of sp³-hybridized carbons (Fsp3) is 0.111. The van der Waals surface area contributed by atoms with Gasteiger partial charge in [-0.05, 0) is 35.9 Å². The van der Waals surface area contributed by atoms with Gasteiger partial charge in [0.1, 0.15) is 17.1 Å². The standard InChI is InChI=1S/C18H14FNO4/c1-23-14-4-2-3-11(7-14)18(22)20-10-12-8-17(21)24-16-9-13(19)5-6-15(12)16/h2-9H,10H2,1H3,(H,20,22). The summed E-state index contributed by atoms with van der Waals surface area (Å²) >= 11 is 0. The summed E-state index contributed by atoms with van der Waals surface area (Å²) in [5.74, 6) is -0.232. The van der Waals surface area contributed by atoms with Crippen LogP contribution < -0.4 is 15.7 Å². The number of amides is 1. The molecule has 1 amide bonds. The van der Waals surface area contributed by atoms with Gasteiger partial charge in [-0.2, -0.15) is 0 Å². The third kappa shape index (κ3) is 3.27. The smallest absolute Gasteiger partial charge is 0.336 e. The quantitative estimate of drug-likeness (QED) is 0.748. The third-order valence-corrected chi connectivity index (χ3v) is 3.56. The Labute approximate surface area is 136 Å². The first kappa shape index (κ1) is 15.7. The minimum Gasteiger partial charge on any atom is -0.497 e. The van der Waals surface area contributed by atoms with E-state index in [1.54, 1.807) is 24.3 Å². The SMILES string of the molecule is COc1cccc(C(=O)NCc2cc(=O)oc3cc(F)ccc23)c1. The lowest BCUT2D eigenvalue weighted by atomic mass is 10.1. The van der Waals surface area contributed by atoms with Crippen LogP contribution in [0.2, 0.25) is 0 Å². The topological polar surface area (TPSA) is 68.5 Å². The molecular weight excluding hydrogens is 313 g/mol. The van der Waals surface area contributed by atoms with Gasteiger partial charge in [0.2, 0.25) is 0 Å². The minimum atomic E-state index is -0.598. The number of halogens is 1. The normalized spacial score (nSPS) is 10.6. The van der Waals surface area contributed by atoms with Crippen LogP contribution in [0, 0.1) is 5.82 Å². The van der Waals surface area contributed by atoms with E-state index in [0.29, 0.717) is 22.3 Å². The van der Waals surface area contributed by atoms with Crippen LogP contribution in [-0.2, 0) is 6.54 Å². The van der Waals surface area contributed by atoms with Crippen LogP contribution in [0.25, 0.3) is 11.0 Å². The number of fused-ring (bicyclic) bond motifs is 1. The highest BCUT2D eigenvalue weighted by Gasteiger charge is 2.10. The molecule has 0 radical (unpaired) electrons. The summed E-state index contributed by atoms with van der Waals surface area (Å²) in [7, 11) is 1.52. The van der Waals surface area contributed by atoms with Crippen LogP contribution in [0.3, 0.4) is 0 Å². The lowest BCUT2D eigenvalue weighted by molar-refractivity contribution is 0.0950. The molecule has 0 bridgehead atoms. The van der Waals surface area contributed by atoms with Gasteiger partial charge in [0.25, 0.3) is 5.91 Å². The molecule has 0 fully saturated rings. The summed E-state index contributed by atoms with van der Waals surface area (Å²) in [5.41, 5.74) is 0.539. The molecule has 24 heavy (non-hydrogen) atoms. The van der Waals surface area contributed by atoms with E-state index in [-0.39, 0.29) is 18.0 Å². The van der Waals surface area contributed by atoms with Gasteiger partial charge >= 0.3 is 5.63 Å². The Hall–Kier alpha value is -3.15. The molecule has 0 saturated heterocycles. The number of hydrogen-bond donors (Lipinski definition) is 1. The Balaban J connectivity index is 1.85. The average molecular weight is 327 g/mol. The first-order valence-corrected chi connectivity index (χ1v) is 7.21. The van der Waals surface area contributed by atoms with Gasteiger partial charge in [-0.15, -0.1) is 0 Å². The van der Waals surface area contributed by atoms with Crippen molar-refractivity contribution in [2.24, 2.45) is 0 Å². The van der Waals surface area contributed by atoms with Gasteiger partial charge in [-0.3, -0.25) is 4.79 Å². The number of carbonyl (C=O) groups is 1. The van der Waals surface area contributed by atoms with Gasteiger partial charge in [0.15, 0.2) is 0 Å². The first-order valence-electron chi connectivity index (χ1n) is 7.21. The fourth-order valence-corrected chi connectivity index (χ4v) is 2.39. The molecular formula is C18H14FNO4. The lowest BCUT2D eigenvalue weighted by Gasteiger charge is -2.08. The molecule has 0 saturated carbocycles. The number of carbonyl (C=O) groups excluding carboxylic acids is 1. The van der Waals surface area contributed by atoms with Crippen LogP contribution in [0.4, 0.5) is 4.39 Å².